The summed E-state index contributed by atoms with van der Waals surface area (Å²) in [5, 5.41) is -0.242. The number of ether oxygens (including phenoxy) is 1. The zero-order valence-corrected chi connectivity index (χ0v) is 10.4. The van der Waals surface area contributed by atoms with Crippen LogP contribution in [0.3, 0.4) is 0 Å². The van der Waals surface area contributed by atoms with Crippen LogP contribution in [0.1, 0.15) is 35.1 Å². The maximum absolute atomic E-state index is 12.8. The second kappa shape index (κ2) is 6.12. The summed E-state index contributed by atoms with van der Waals surface area (Å²) in [5.41, 5.74) is -0.867. The molecular weight excluding hydrogens is 275 g/mol. The summed E-state index contributed by atoms with van der Waals surface area (Å²) in [7, 11) is 0. The number of carbonyl (C=O) groups excluding carboxylic acids is 1. The number of alkyl halides is 3. The Kier molecular flexibility index (Phi) is 5.08. The number of hydrogen-bond donors (Lipinski definition) is 0. The lowest BCUT2D eigenvalue weighted by Crippen LogP contribution is -2.13. The van der Waals surface area contributed by atoms with E-state index in [-0.39, 0.29) is 23.2 Å². The van der Waals surface area contributed by atoms with Crippen molar-refractivity contribution in [2.45, 2.75) is 19.2 Å². The van der Waals surface area contributed by atoms with E-state index in [0.29, 0.717) is 0 Å². The zero-order valence-electron chi connectivity index (χ0n) is 8.84. The Hall–Kier alpha value is -0.940. The number of nitrogens with zero attached hydrogens (tertiary/aromatic N) is 1. The summed E-state index contributed by atoms with van der Waals surface area (Å²) in [6, 6.07) is 1.21. The van der Waals surface area contributed by atoms with Gasteiger partial charge in [0, 0.05) is 0 Å². The summed E-state index contributed by atoms with van der Waals surface area (Å²) >= 11 is 11.2. The number of pyridine rings is 1. The van der Waals surface area contributed by atoms with Gasteiger partial charge < -0.3 is 4.74 Å². The van der Waals surface area contributed by atoms with Crippen molar-refractivity contribution in [3.05, 3.63) is 28.0 Å². The van der Waals surface area contributed by atoms with Crippen LogP contribution in [0.15, 0.2) is 6.07 Å². The van der Waals surface area contributed by atoms with Crippen LogP contribution < -0.4 is 0 Å². The fourth-order valence-corrected chi connectivity index (χ4v) is 1.64. The quantitative estimate of drug-likeness (QED) is 0.626. The van der Waals surface area contributed by atoms with Crippen LogP contribution in [0.2, 0.25) is 5.02 Å². The minimum Gasteiger partial charge on any atom is -0.461 e. The number of halogens is 4. The molecule has 7 heteroatoms. The van der Waals surface area contributed by atoms with Crippen molar-refractivity contribution in [1.29, 1.82) is 0 Å². The van der Waals surface area contributed by atoms with E-state index in [1.807, 2.05) is 0 Å². The Morgan fingerprint density at radius 1 is 1.59 bits per heavy atom. The molecule has 0 amide bonds. The molecule has 3 nitrogen and oxygen atoms in total. The van der Waals surface area contributed by atoms with Crippen LogP contribution in [0, 0.1) is 0 Å². The highest BCUT2D eigenvalue weighted by molar-refractivity contribution is 6.32. The Bertz CT molecular complexity index is 427. The average molecular weight is 284 g/mol. The van der Waals surface area contributed by atoms with Gasteiger partial charge in [-0.3, -0.25) is 0 Å². The highest BCUT2D eigenvalue weighted by atomic mass is 35.5. The Labute approximate surface area is 107 Å². The first-order chi connectivity index (χ1) is 8.01. The Morgan fingerprint density at radius 3 is 2.71 bits per heavy atom. The van der Waals surface area contributed by atoms with Gasteiger partial charge in [-0.25, -0.2) is 18.6 Å². The van der Waals surface area contributed by atoms with Gasteiger partial charge in [0.25, 0.3) is 6.43 Å². The van der Waals surface area contributed by atoms with Gasteiger partial charge >= 0.3 is 5.97 Å². The first-order valence-corrected chi connectivity index (χ1v) is 5.63. The topological polar surface area (TPSA) is 39.2 Å². The molecule has 0 fully saturated rings. The van der Waals surface area contributed by atoms with Crippen LogP contribution in [-0.4, -0.2) is 17.6 Å². The minimum absolute atomic E-state index is 0.0321. The van der Waals surface area contributed by atoms with E-state index < -0.39 is 23.7 Å². The largest absolute Gasteiger partial charge is 0.461 e. The van der Waals surface area contributed by atoms with E-state index >= 15 is 0 Å². The molecule has 1 aromatic rings. The van der Waals surface area contributed by atoms with Crippen molar-refractivity contribution in [1.82, 2.24) is 4.98 Å². The summed E-state index contributed by atoms with van der Waals surface area (Å²) in [5.74, 6) is -0.966. The third-order valence-electron chi connectivity index (χ3n) is 1.89. The highest BCUT2D eigenvalue weighted by Gasteiger charge is 2.25. The van der Waals surface area contributed by atoms with Crippen LogP contribution >= 0.6 is 23.2 Å². The van der Waals surface area contributed by atoms with Gasteiger partial charge in [-0.2, -0.15) is 0 Å². The van der Waals surface area contributed by atoms with Crippen molar-refractivity contribution < 1.29 is 18.3 Å². The lowest BCUT2D eigenvalue weighted by molar-refractivity contribution is 0.0507. The third kappa shape index (κ3) is 3.26. The molecule has 0 bridgehead atoms. The maximum Gasteiger partial charge on any atom is 0.357 e. The molecule has 94 valence electrons. The standard InChI is InChI=1S/C10H9Cl2F2NO2/c1-2-17-10(16)8-7(9(13)14)6(12)3-5(4-11)15-8/h3,9H,2,4H2,1H3. The molecule has 0 N–H and O–H groups in total. The Morgan fingerprint density at radius 2 is 2.24 bits per heavy atom. The lowest BCUT2D eigenvalue weighted by atomic mass is 10.1. The molecule has 0 unspecified atom stereocenters. The highest BCUT2D eigenvalue weighted by Crippen LogP contribution is 2.30. The van der Waals surface area contributed by atoms with Crippen LogP contribution in [0.25, 0.3) is 0 Å². The fraction of sp³-hybridized carbons (Fsp3) is 0.400. The molecule has 0 radical (unpaired) electrons. The van der Waals surface area contributed by atoms with Crippen LogP contribution in [0.4, 0.5) is 8.78 Å². The van der Waals surface area contributed by atoms with E-state index in [1.165, 1.54) is 6.07 Å². The molecule has 0 aromatic carbocycles. The average Bonchev–Trinajstić information content (AvgIpc) is 2.27. The van der Waals surface area contributed by atoms with Crippen LogP contribution in [0.5, 0.6) is 0 Å². The molecule has 1 aromatic heterocycles. The van der Waals surface area contributed by atoms with Gasteiger partial charge in [-0.15, -0.1) is 11.6 Å². The molecule has 0 saturated heterocycles. The normalized spacial score (nSPS) is 10.7. The number of aromatic nitrogens is 1. The van der Waals surface area contributed by atoms with E-state index in [1.54, 1.807) is 6.92 Å². The van der Waals surface area contributed by atoms with Crippen molar-refractivity contribution in [3.63, 3.8) is 0 Å². The predicted octanol–water partition coefficient (Wildman–Crippen LogP) is 3.59. The molecule has 1 heterocycles. The second-order valence-electron chi connectivity index (χ2n) is 3.01. The van der Waals surface area contributed by atoms with Crippen molar-refractivity contribution in [2.75, 3.05) is 6.61 Å². The number of hydrogen-bond acceptors (Lipinski definition) is 3. The smallest absolute Gasteiger partial charge is 0.357 e. The number of rotatable bonds is 4. The lowest BCUT2D eigenvalue weighted by Gasteiger charge is -2.10. The summed E-state index contributed by atoms with van der Waals surface area (Å²) in [6.07, 6.45) is -2.90. The molecule has 0 aliphatic carbocycles. The van der Waals surface area contributed by atoms with Crippen molar-refractivity contribution in [2.24, 2.45) is 0 Å². The maximum atomic E-state index is 12.8. The molecule has 17 heavy (non-hydrogen) atoms. The molecular formula is C10H9Cl2F2NO2. The minimum atomic E-state index is -2.90. The zero-order chi connectivity index (χ0) is 13.0. The Balaban J connectivity index is 3.32. The monoisotopic (exact) mass is 283 g/mol. The number of carbonyl (C=O) groups is 1. The van der Waals surface area contributed by atoms with Crippen molar-refractivity contribution >= 4 is 29.2 Å². The van der Waals surface area contributed by atoms with Crippen LogP contribution in [-0.2, 0) is 10.6 Å². The first-order valence-electron chi connectivity index (χ1n) is 4.71. The van der Waals surface area contributed by atoms with Gasteiger partial charge in [0.2, 0.25) is 0 Å². The summed E-state index contributed by atoms with van der Waals surface area (Å²) < 4.78 is 30.2. The third-order valence-corrected chi connectivity index (χ3v) is 2.47. The molecule has 0 saturated carbocycles. The van der Waals surface area contributed by atoms with Crippen molar-refractivity contribution in [3.8, 4) is 0 Å². The van der Waals surface area contributed by atoms with Gasteiger partial charge in [0.15, 0.2) is 5.69 Å². The van der Waals surface area contributed by atoms with Gasteiger partial charge in [0.05, 0.1) is 28.8 Å². The van der Waals surface area contributed by atoms with Gasteiger partial charge in [0.1, 0.15) is 0 Å². The molecule has 0 spiro atoms. The first kappa shape index (κ1) is 14.1. The predicted molar refractivity (Wildman–Crippen MR) is 59.7 cm³/mol. The number of esters is 1. The van der Waals surface area contributed by atoms with Gasteiger partial charge in [-0.1, -0.05) is 11.6 Å². The molecule has 0 aliphatic rings. The molecule has 1 rings (SSSR count). The molecule has 0 atom stereocenters. The van der Waals surface area contributed by atoms with Gasteiger partial charge in [-0.05, 0) is 13.0 Å². The van der Waals surface area contributed by atoms with E-state index in [4.69, 9.17) is 23.2 Å². The second-order valence-corrected chi connectivity index (χ2v) is 3.69. The van der Waals surface area contributed by atoms with E-state index in [0.717, 1.165) is 0 Å². The van der Waals surface area contributed by atoms with E-state index in [2.05, 4.69) is 9.72 Å². The molecule has 0 aliphatic heterocycles. The van der Waals surface area contributed by atoms with E-state index in [9.17, 15) is 13.6 Å². The fourth-order valence-electron chi connectivity index (χ4n) is 1.20. The SMILES string of the molecule is CCOC(=O)c1nc(CCl)cc(Cl)c1C(F)F. The summed E-state index contributed by atoms with van der Waals surface area (Å²) in [4.78, 5) is 15.2. The summed E-state index contributed by atoms with van der Waals surface area (Å²) in [6.45, 7) is 1.62.